The highest BCUT2D eigenvalue weighted by Crippen LogP contribution is 2.27. The van der Waals surface area contributed by atoms with Gasteiger partial charge in [0, 0.05) is 18.1 Å². The summed E-state index contributed by atoms with van der Waals surface area (Å²) in [6.07, 6.45) is 0. The molecule has 2 N–H and O–H groups in total. The quantitative estimate of drug-likeness (QED) is 0.705. The minimum atomic E-state index is -0.578. The van der Waals surface area contributed by atoms with Gasteiger partial charge in [0.2, 0.25) is 0 Å². The van der Waals surface area contributed by atoms with Crippen molar-refractivity contribution < 1.29 is 19.1 Å². The largest absolute Gasteiger partial charge is 0.483 e. The fourth-order valence-electron chi connectivity index (χ4n) is 1.21. The summed E-state index contributed by atoms with van der Waals surface area (Å²) >= 11 is 6.62. The Morgan fingerprint density at radius 3 is 2.70 bits per heavy atom. The maximum atomic E-state index is 11.5. The zero-order valence-corrected chi connectivity index (χ0v) is 13.9. The molecule has 110 valence electrons. The van der Waals surface area contributed by atoms with Crippen molar-refractivity contribution in [3.05, 3.63) is 27.1 Å². The fourth-order valence-corrected chi connectivity index (χ4v) is 2.37. The number of hydrogen-bond donors (Lipinski definition) is 2. The Balaban J connectivity index is 2.34. The average Bonchev–Trinajstić information content (AvgIpc) is 2.38. The lowest BCUT2D eigenvalue weighted by atomic mass is 10.3. The van der Waals surface area contributed by atoms with Crippen LogP contribution in [0, 0.1) is 0 Å². The van der Waals surface area contributed by atoms with Crippen LogP contribution in [-0.2, 0) is 9.53 Å². The number of methoxy groups -OCH3 is 1. The van der Waals surface area contributed by atoms with Crippen molar-refractivity contribution in [1.29, 1.82) is 0 Å². The van der Waals surface area contributed by atoms with Gasteiger partial charge in [-0.25, -0.2) is 4.79 Å². The van der Waals surface area contributed by atoms with Crippen LogP contribution in [-0.4, -0.2) is 38.8 Å². The lowest BCUT2D eigenvalue weighted by Crippen LogP contribution is -2.42. The lowest BCUT2D eigenvalue weighted by Gasteiger charge is -2.09. The number of amides is 3. The van der Waals surface area contributed by atoms with Crippen LogP contribution in [0.4, 0.5) is 4.79 Å². The predicted octanol–water partition coefficient (Wildman–Crippen LogP) is 2.06. The van der Waals surface area contributed by atoms with E-state index < -0.39 is 11.9 Å². The Kier molecular flexibility index (Phi) is 7.56. The number of hydrogen-bond acceptors (Lipinski definition) is 4. The summed E-state index contributed by atoms with van der Waals surface area (Å²) < 4.78 is 11.7. The molecule has 0 aromatic heterocycles. The van der Waals surface area contributed by atoms with Crippen molar-refractivity contribution in [1.82, 2.24) is 10.6 Å². The standard InChI is InChI=1S/C12H14Br2N2O4/c1-19-5-4-15-12(18)16-11(17)7-20-10-3-2-8(13)6-9(10)14/h2-3,6H,4-5,7H2,1H3,(H2,15,16,17,18). The van der Waals surface area contributed by atoms with Gasteiger partial charge in [-0.1, -0.05) is 15.9 Å². The van der Waals surface area contributed by atoms with Gasteiger partial charge < -0.3 is 14.8 Å². The van der Waals surface area contributed by atoms with Crippen LogP contribution in [0.1, 0.15) is 0 Å². The van der Waals surface area contributed by atoms with Gasteiger partial charge >= 0.3 is 6.03 Å². The SMILES string of the molecule is COCCNC(=O)NC(=O)COc1ccc(Br)cc1Br. The van der Waals surface area contributed by atoms with E-state index in [1.54, 1.807) is 18.2 Å². The van der Waals surface area contributed by atoms with Crippen molar-refractivity contribution >= 4 is 43.8 Å². The fraction of sp³-hybridized carbons (Fsp3) is 0.333. The van der Waals surface area contributed by atoms with Gasteiger partial charge in [-0.05, 0) is 34.1 Å². The molecule has 0 aliphatic carbocycles. The lowest BCUT2D eigenvalue weighted by molar-refractivity contribution is -0.122. The van der Waals surface area contributed by atoms with Crippen LogP contribution >= 0.6 is 31.9 Å². The van der Waals surface area contributed by atoms with Crippen molar-refractivity contribution in [2.45, 2.75) is 0 Å². The molecular weight excluding hydrogens is 396 g/mol. The summed E-state index contributed by atoms with van der Waals surface area (Å²) in [7, 11) is 1.52. The van der Waals surface area contributed by atoms with Gasteiger partial charge in [-0.15, -0.1) is 0 Å². The van der Waals surface area contributed by atoms with E-state index in [4.69, 9.17) is 9.47 Å². The van der Waals surface area contributed by atoms with E-state index in [-0.39, 0.29) is 6.61 Å². The molecule has 20 heavy (non-hydrogen) atoms. The molecule has 0 spiro atoms. The smallest absolute Gasteiger partial charge is 0.321 e. The number of carbonyl (C=O) groups is 2. The maximum Gasteiger partial charge on any atom is 0.321 e. The Hall–Kier alpha value is -1.12. The molecule has 0 heterocycles. The summed E-state index contributed by atoms with van der Waals surface area (Å²) in [4.78, 5) is 22.8. The first-order chi connectivity index (χ1) is 9.52. The van der Waals surface area contributed by atoms with Gasteiger partial charge in [-0.3, -0.25) is 10.1 Å². The topological polar surface area (TPSA) is 76.7 Å². The molecule has 0 bridgehead atoms. The predicted molar refractivity (Wildman–Crippen MR) is 80.8 cm³/mol. The van der Waals surface area contributed by atoms with Gasteiger partial charge in [0.1, 0.15) is 5.75 Å². The first kappa shape index (κ1) is 16.9. The second kappa shape index (κ2) is 8.93. The molecule has 0 fully saturated rings. The second-order valence-corrected chi connectivity index (χ2v) is 5.43. The third-order valence-corrected chi connectivity index (χ3v) is 3.21. The molecule has 6 nitrogen and oxygen atoms in total. The van der Waals surface area contributed by atoms with E-state index in [1.165, 1.54) is 7.11 Å². The Morgan fingerprint density at radius 2 is 2.05 bits per heavy atom. The zero-order chi connectivity index (χ0) is 15.0. The second-order valence-electron chi connectivity index (χ2n) is 3.66. The van der Waals surface area contributed by atoms with Crippen molar-refractivity contribution in [2.75, 3.05) is 26.9 Å². The monoisotopic (exact) mass is 408 g/mol. The highest BCUT2D eigenvalue weighted by atomic mass is 79.9. The van der Waals surface area contributed by atoms with E-state index in [1.807, 2.05) is 0 Å². The summed E-state index contributed by atoms with van der Waals surface area (Å²) in [5.74, 6) is -0.0159. The van der Waals surface area contributed by atoms with Crippen molar-refractivity contribution in [3.63, 3.8) is 0 Å². The Morgan fingerprint density at radius 1 is 1.30 bits per heavy atom. The van der Waals surface area contributed by atoms with E-state index in [0.717, 1.165) is 4.47 Å². The first-order valence-electron chi connectivity index (χ1n) is 5.67. The molecule has 0 atom stereocenters. The molecule has 0 saturated heterocycles. The molecule has 0 aliphatic heterocycles. The average molecular weight is 410 g/mol. The number of ether oxygens (including phenoxy) is 2. The highest BCUT2D eigenvalue weighted by Gasteiger charge is 2.09. The Bertz CT molecular complexity index is 483. The molecule has 3 amide bonds. The molecule has 0 aliphatic rings. The molecule has 0 saturated carbocycles. The van der Waals surface area contributed by atoms with Crippen LogP contribution in [0.25, 0.3) is 0 Å². The molecular formula is C12H14Br2N2O4. The zero-order valence-electron chi connectivity index (χ0n) is 10.7. The molecule has 1 rings (SSSR count). The number of halogens is 2. The summed E-state index contributed by atoms with van der Waals surface area (Å²) in [6, 6.07) is 4.71. The minimum absolute atomic E-state index is 0.252. The normalized spacial score (nSPS) is 9.95. The minimum Gasteiger partial charge on any atom is -0.483 e. The van der Waals surface area contributed by atoms with Crippen molar-refractivity contribution in [2.24, 2.45) is 0 Å². The van der Waals surface area contributed by atoms with Crippen LogP contribution < -0.4 is 15.4 Å². The Labute approximate surface area is 133 Å². The van der Waals surface area contributed by atoms with Gasteiger partial charge in [0.15, 0.2) is 6.61 Å². The van der Waals surface area contributed by atoms with Crippen molar-refractivity contribution in [3.8, 4) is 5.75 Å². The van der Waals surface area contributed by atoms with E-state index in [0.29, 0.717) is 23.4 Å². The maximum absolute atomic E-state index is 11.5. The highest BCUT2D eigenvalue weighted by molar-refractivity contribution is 9.11. The van der Waals surface area contributed by atoms with Gasteiger partial charge in [0.25, 0.3) is 5.91 Å². The molecule has 1 aromatic carbocycles. The number of rotatable bonds is 6. The number of benzene rings is 1. The third kappa shape index (κ3) is 6.36. The van der Waals surface area contributed by atoms with Gasteiger partial charge in [-0.2, -0.15) is 0 Å². The number of urea groups is 1. The number of carbonyl (C=O) groups excluding carboxylic acids is 2. The molecule has 8 heteroatoms. The summed E-state index contributed by atoms with van der Waals surface area (Å²) in [6.45, 7) is 0.455. The van der Waals surface area contributed by atoms with Crippen LogP contribution in [0.15, 0.2) is 27.1 Å². The molecule has 0 radical (unpaired) electrons. The third-order valence-electron chi connectivity index (χ3n) is 2.10. The first-order valence-corrected chi connectivity index (χ1v) is 7.26. The van der Waals surface area contributed by atoms with Crippen LogP contribution in [0.5, 0.6) is 5.75 Å². The number of imide groups is 1. The summed E-state index contributed by atoms with van der Waals surface area (Å²) in [5, 5.41) is 4.61. The van der Waals surface area contributed by atoms with E-state index in [2.05, 4.69) is 42.5 Å². The molecule has 1 aromatic rings. The molecule has 0 unspecified atom stereocenters. The van der Waals surface area contributed by atoms with Crippen LogP contribution in [0.2, 0.25) is 0 Å². The van der Waals surface area contributed by atoms with Gasteiger partial charge in [0.05, 0.1) is 11.1 Å². The van der Waals surface area contributed by atoms with Crippen LogP contribution in [0.3, 0.4) is 0 Å². The van der Waals surface area contributed by atoms with E-state index in [9.17, 15) is 9.59 Å². The summed E-state index contributed by atoms with van der Waals surface area (Å²) in [5.41, 5.74) is 0. The van der Waals surface area contributed by atoms with E-state index >= 15 is 0 Å². The number of nitrogens with one attached hydrogen (secondary N) is 2.